The van der Waals surface area contributed by atoms with Gasteiger partial charge in [0.05, 0.1) is 6.61 Å². The Labute approximate surface area is 96.4 Å². The molecule has 0 aliphatic heterocycles. The number of hydrogen-bond donors (Lipinski definition) is 2. The van der Waals surface area contributed by atoms with Crippen LogP contribution in [-0.4, -0.2) is 28.0 Å². The van der Waals surface area contributed by atoms with Crippen LogP contribution in [0.1, 0.15) is 40.0 Å². The van der Waals surface area contributed by atoms with Crippen molar-refractivity contribution in [2.75, 3.05) is 6.61 Å². The van der Waals surface area contributed by atoms with Crippen molar-refractivity contribution >= 4 is 13.6 Å². The van der Waals surface area contributed by atoms with E-state index in [1.807, 2.05) is 13.8 Å². The first kappa shape index (κ1) is 15.6. The van der Waals surface area contributed by atoms with E-state index in [0.29, 0.717) is 0 Å². The molecule has 2 N–H and O–H groups in total. The topological polar surface area (TPSA) is 83.8 Å². The molecular formula is C10H21O5P. The Morgan fingerprint density at radius 3 is 2.06 bits per heavy atom. The third-order valence-electron chi connectivity index (χ3n) is 2.68. The molecule has 0 aliphatic carbocycles. The van der Waals surface area contributed by atoms with Crippen LogP contribution in [0.15, 0.2) is 0 Å². The minimum absolute atomic E-state index is 0.137. The SMILES string of the molecule is CCOC(=O)C(CC(CC)CC)P(=O)(O)O. The molecule has 16 heavy (non-hydrogen) atoms. The van der Waals surface area contributed by atoms with Crippen LogP contribution in [0.5, 0.6) is 0 Å². The second-order valence-corrected chi connectivity index (χ2v) is 5.58. The number of rotatable bonds is 7. The monoisotopic (exact) mass is 252 g/mol. The maximum atomic E-state index is 11.4. The minimum Gasteiger partial charge on any atom is -0.465 e. The van der Waals surface area contributed by atoms with Crippen molar-refractivity contribution in [2.24, 2.45) is 5.92 Å². The molecule has 0 heterocycles. The van der Waals surface area contributed by atoms with Crippen LogP contribution in [0.3, 0.4) is 0 Å². The number of carbonyl (C=O) groups is 1. The summed E-state index contributed by atoms with van der Waals surface area (Å²) in [5.41, 5.74) is -1.31. The normalized spacial score (nSPS) is 13.9. The molecule has 0 bridgehead atoms. The molecule has 0 amide bonds. The fourth-order valence-electron chi connectivity index (χ4n) is 1.55. The third-order valence-corrected chi connectivity index (χ3v) is 3.91. The average molecular weight is 252 g/mol. The molecule has 5 nitrogen and oxygen atoms in total. The molecule has 0 aromatic rings. The number of hydrogen-bond acceptors (Lipinski definition) is 3. The fraction of sp³-hybridized carbons (Fsp3) is 0.900. The van der Waals surface area contributed by atoms with E-state index < -0.39 is 19.2 Å². The Hall–Kier alpha value is -0.380. The van der Waals surface area contributed by atoms with Crippen molar-refractivity contribution < 1.29 is 23.9 Å². The van der Waals surface area contributed by atoms with Gasteiger partial charge in [0.1, 0.15) is 0 Å². The summed E-state index contributed by atoms with van der Waals surface area (Å²) in [7, 11) is -4.42. The van der Waals surface area contributed by atoms with Gasteiger partial charge in [-0.3, -0.25) is 9.36 Å². The second kappa shape index (κ2) is 7.05. The summed E-state index contributed by atoms with van der Waals surface area (Å²) in [5, 5.41) is 0. The van der Waals surface area contributed by atoms with E-state index in [9.17, 15) is 9.36 Å². The third kappa shape index (κ3) is 5.10. The summed E-state index contributed by atoms with van der Waals surface area (Å²) in [5.74, 6) is -0.648. The molecule has 0 saturated carbocycles. The molecule has 1 atom stereocenters. The number of carbonyl (C=O) groups excluding carboxylic acids is 1. The lowest BCUT2D eigenvalue weighted by Gasteiger charge is -2.21. The van der Waals surface area contributed by atoms with Crippen LogP contribution in [-0.2, 0) is 14.1 Å². The summed E-state index contributed by atoms with van der Waals surface area (Å²) in [6, 6.07) is 0. The van der Waals surface area contributed by atoms with E-state index in [2.05, 4.69) is 4.74 Å². The zero-order valence-corrected chi connectivity index (χ0v) is 10.9. The van der Waals surface area contributed by atoms with Gasteiger partial charge >= 0.3 is 13.6 Å². The van der Waals surface area contributed by atoms with E-state index in [1.54, 1.807) is 6.92 Å². The Morgan fingerprint density at radius 2 is 1.75 bits per heavy atom. The van der Waals surface area contributed by atoms with Crippen molar-refractivity contribution in [1.82, 2.24) is 0 Å². The highest BCUT2D eigenvalue weighted by Crippen LogP contribution is 2.45. The lowest BCUT2D eigenvalue weighted by Crippen LogP contribution is -2.26. The fourth-order valence-corrected chi connectivity index (χ4v) is 2.47. The van der Waals surface area contributed by atoms with Crippen LogP contribution < -0.4 is 0 Å². The van der Waals surface area contributed by atoms with Crippen LogP contribution in [0.2, 0.25) is 0 Å². The van der Waals surface area contributed by atoms with Gasteiger partial charge in [-0.25, -0.2) is 0 Å². The van der Waals surface area contributed by atoms with E-state index in [-0.39, 0.29) is 18.9 Å². The van der Waals surface area contributed by atoms with Gasteiger partial charge in [0.25, 0.3) is 0 Å². The van der Waals surface area contributed by atoms with Crippen LogP contribution in [0.25, 0.3) is 0 Å². The lowest BCUT2D eigenvalue weighted by molar-refractivity contribution is -0.143. The van der Waals surface area contributed by atoms with E-state index in [0.717, 1.165) is 12.8 Å². The molecule has 0 radical (unpaired) electrons. The molecule has 0 aromatic carbocycles. The Morgan fingerprint density at radius 1 is 1.25 bits per heavy atom. The molecule has 0 saturated heterocycles. The van der Waals surface area contributed by atoms with Gasteiger partial charge in [-0.2, -0.15) is 0 Å². The van der Waals surface area contributed by atoms with Crippen LogP contribution in [0.4, 0.5) is 0 Å². The maximum absolute atomic E-state index is 11.4. The van der Waals surface area contributed by atoms with Crippen LogP contribution in [0, 0.1) is 5.92 Å². The second-order valence-electron chi connectivity index (χ2n) is 3.78. The maximum Gasteiger partial charge on any atom is 0.339 e. The van der Waals surface area contributed by atoms with E-state index >= 15 is 0 Å². The quantitative estimate of drug-likeness (QED) is 0.534. The smallest absolute Gasteiger partial charge is 0.339 e. The van der Waals surface area contributed by atoms with Crippen molar-refractivity contribution in [3.63, 3.8) is 0 Å². The van der Waals surface area contributed by atoms with Crippen molar-refractivity contribution in [1.29, 1.82) is 0 Å². The molecule has 1 unspecified atom stereocenters. The van der Waals surface area contributed by atoms with Crippen molar-refractivity contribution in [3.8, 4) is 0 Å². The van der Waals surface area contributed by atoms with Gasteiger partial charge in [-0.15, -0.1) is 0 Å². The van der Waals surface area contributed by atoms with Gasteiger partial charge < -0.3 is 14.5 Å². The lowest BCUT2D eigenvalue weighted by atomic mass is 9.97. The van der Waals surface area contributed by atoms with E-state index in [1.165, 1.54) is 0 Å². The summed E-state index contributed by atoms with van der Waals surface area (Å²) < 4.78 is 15.9. The summed E-state index contributed by atoms with van der Waals surface area (Å²) in [6.45, 7) is 5.64. The first-order chi connectivity index (χ1) is 7.36. The minimum atomic E-state index is -4.42. The predicted molar refractivity (Wildman–Crippen MR) is 61.2 cm³/mol. The van der Waals surface area contributed by atoms with Crippen molar-refractivity contribution in [2.45, 2.75) is 45.7 Å². The Bertz CT molecular complexity index is 256. The predicted octanol–water partition coefficient (Wildman–Crippen LogP) is 1.92. The molecule has 0 rings (SSSR count). The van der Waals surface area contributed by atoms with Crippen LogP contribution >= 0.6 is 7.60 Å². The van der Waals surface area contributed by atoms with Crippen molar-refractivity contribution in [3.05, 3.63) is 0 Å². The number of esters is 1. The Kier molecular flexibility index (Phi) is 6.88. The molecule has 0 aromatic heterocycles. The van der Waals surface area contributed by atoms with Gasteiger partial charge in [0, 0.05) is 0 Å². The molecule has 96 valence electrons. The molecular weight excluding hydrogens is 231 g/mol. The largest absolute Gasteiger partial charge is 0.465 e. The highest BCUT2D eigenvalue weighted by atomic mass is 31.2. The van der Waals surface area contributed by atoms with Gasteiger partial charge in [0.2, 0.25) is 0 Å². The zero-order valence-electron chi connectivity index (χ0n) is 10.0. The first-order valence-corrected chi connectivity index (χ1v) is 7.26. The Balaban J connectivity index is 4.69. The summed E-state index contributed by atoms with van der Waals surface area (Å²) >= 11 is 0. The standard InChI is InChI=1S/C10H21O5P/c1-4-8(5-2)7-9(16(12,13)14)10(11)15-6-3/h8-9H,4-7H2,1-3H3,(H2,12,13,14). The highest BCUT2D eigenvalue weighted by molar-refractivity contribution is 7.53. The zero-order chi connectivity index (χ0) is 12.8. The molecule has 0 spiro atoms. The number of ether oxygens (including phenoxy) is 1. The summed E-state index contributed by atoms with van der Waals surface area (Å²) in [4.78, 5) is 29.7. The summed E-state index contributed by atoms with van der Waals surface area (Å²) in [6.07, 6.45) is 1.79. The van der Waals surface area contributed by atoms with Gasteiger partial charge in [-0.05, 0) is 19.3 Å². The molecule has 0 aliphatic rings. The molecule has 0 fully saturated rings. The first-order valence-electron chi connectivity index (χ1n) is 5.58. The van der Waals surface area contributed by atoms with E-state index in [4.69, 9.17) is 9.79 Å². The highest BCUT2D eigenvalue weighted by Gasteiger charge is 2.37. The van der Waals surface area contributed by atoms with Gasteiger partial charge in [-0.1, -0.05) is 26.7 Å². The average Bonchev–Trinajstić information content (AvgIpc) is 2.17. The van der Waals surface area contributed by atoms with Gasteiger partial charge in [0.15, 0.2) is 5.66 Å². The molecule has 6 heteroatoms.